The van der Waals surface area contributed by atoms with Gasteiger partial charge in [0, 0.05) is 24.8 Å². The van der Waals surface area contributed by atoms with Crippen LogP contribution in [0.4, 0.5) is 0 Å². The molecule has 23 heavy (non-hydrogen) atoms. The van der Waals surface area contributed by atoms with Gasteiger partial charge in [0.2, 0.25) is 0 Å². The van der Waals surface area contributed by atoms with Crippen LogP contribution >= 0.6 is 0 Å². The summed E-state index contributed by atoms with van der Waals surface area (Å²) in [4.78, 5) is 14.0. The zero-order valence-corrected chi connectivity index (χ0v) is 13.2. The van der Waals surface area contributed by atoms with Gasteiger partial charge in [0.25, 0.3) is 0 Å². The fraction of sp³-hybridized carbons (Fsp3) is 0.556. The number of methoxy groups -OCH3 is 1. The first kappa shape index (κ1) is 14.5. The smallest absolute Gasteiger partial charge is 0.179 e. The van der Waals surface area contributed by atoms with Gasteiger partial charge in [0.15, 0.2) is 6.19 Å². The van der Waals surface area contributed by atoms with Crippen LogP contribution in [0.2, 0.25) is 0 Å². The summed E-state index contributed by atoms with van der Waals surface area (Å²) in [5.74, 6) is 0.953. The Hall–Kier alpha value is -2.06. The molecule has 1 aliphatic heterocycles. The number of carbonyl (C=O) groups excluding carboxylic acids is 1. The van der Waals surface area contributed by atoms with Gasteiger partial charge in [0.1, 0.15) is 11.5 Å². The topological polar surface area (TPSA) is 73.6 Å². The number of piperidine rings is 1. The molecule has 1 saturated carbocycles. The number of hydrogen-bond acceptors (Lipinski definition) is 5. The SMILES string of the molecule is COc1ccc2c(c1)[C@]13CCN(C#N)[C@H](C2)[C@]1(O)CCC(=O)C3. The second kappa shape index (κ2) is 4.72. The Kier molecular flexibility index (Phi) is 2.98. The van der Waals surface area contributed by atoms with E-state index in [1.54, 1.807) is 12.0 Å². The largest absolute Gasteiger partial charge is 0.497 e. The van der Waals surface area contributed by atoms with Crippen LogP contribution in [0.25, 0.3) is 0 Å². The van der Waals surface area contributed by atoms with Crippen molar-refractivity contribution in [3.05, 3.63) is 29.3 Å². The number of aliphatic hydroxyl groups is 1. The van der Waals surface area contributed by atoms with E-state index >= 15 is 0 Å². The van der Waals surface area contributed by atoms with Crippen molar-refractivity contribution in [2.24, 2.45) is 0 Å². The predicted molar refractivity (Wildman–Crippen MR) is 82.9 cm³/mol. The van der Waals surface area contributed by atoms with Crippen molar-refractivity contribution in [2.45, 2.75) is 49.2 Å². The van der Waals surface area contributed by atoms with Crippen LogP contribution in [0.1, 0.15) is 36.8 Å². The molecule has 0 radical (unpaired) electrons. The fourth-order valence-electron chi connectivity index (χ4n) is 5.04. The number of ether oxygens (including phenoxy) is 1. The van der Waals surface area contributed by atoms with E-state index in [9.17, 15) is 15.2 Å². The summed E-state index contributed by atoms with van der Waals surface area (Å²) in [6.45, 7) is 0.591. The molecule has 4 rings (SSSR count). The van der Waals surface area contributed by atoms with Crippen molar-refractivity contribution in [3.63, 3.8) is 0 Å². The Morgan fingerprint density at radius 2 is 2.26 bits per heavy atom. The standard InChI is InChI=1S/C18H20N2O3/c1-23-14-3-2-12-8-16-18(22)5-4-13(21)10-17(18,15(12)9-14)6-7-20(16)11-19/h2-3,9,16,22H,4-8,10H2,1H3/t16-,17-,18-/m1/s1. The number of ketones is 1. The molecule has 0 unspecified atom stereocenters. The summed E-state index contributed by atoms with van der Waals surface area (Å²) in [5.41, 5.74) is 0.563. The van der Waals surface area contributed by atoms with Gasteiger partial charge < -0.3 is 14.7 Å². The maximum Gasteiger partial charge on any atom is 0.179 e. The molecule has 1 heterocycles. The second-order valence-electron chi connectivity index (χ2n) is 7.01. The summed E-state index contributed by atoms with van der Waals surface area (Å²) in [7, 11) is 1.63. The van der Waals surface area contributed by atoms with Crippen molar-refractivity contribution < 1.29 is 14.6 Å². The normalized spacial score (nSPS) is 35.1. The van der Waals surface area contributed by atoms with Gasteiger partial charge in [-0.1, -0.05) is 6.07 Å². The summed E-state index contributed by atoms with van der Waals surface area (Å²) < 4.78 is 5.37. The molecule has 1 N–H and O–H groups in total. The number of Topliss-reactive ketones (excluding diaryl/α,β-unsaturated/α-hetero) is 1. The third-order valence-corrected chi connectivity index (χ3v) is 6.19. The fourth-order valence-corrected chi connectivity index (χ4v) is 5.04. The minimum absolute atomic E-state index is 0.203. The number of nitriles is 1. The van der Waals surface area contributed by atoms with E-state index in [2.05, 4.69) is 6.19 Å². The van der Waals surface area contributed by atoms with Crippen molar-refractivity contribution >= 4 is 5.78 Å². The zero-order chi connectivity index (χ0) is 16.2. The van der Waals surface area contributed by atoms with Crippen molar-refractivity contribution in [1.29, 1.82) is 5.26 Å². The molecule has 120 valence electrons. The van der Waals surface area contributed by atoms with Crippen LogP contribution in [0.5, 0.6) is 5.75 Å². The monoisotopic (exact) mass is 312 g/mol. The van der Waals surface area contributed by atoms with Crippen LogP contribution in [0, 0.1) is 11.5 Å². The van der Waals surface area contributed by atoms with E-state index < -0.39 is 11.0 Å². The number of nitrogens with zero attached hydrogens (tertiary/aromatic N) is 2. The number of fused-ring (bicyclic) bond motifs is 1. The van der Waals surface area contributed by atoms with Crippen molar-refractivity contribution in [3.8, 4) is 11.9 Å². The van der Waals surface area contributed by atoms with Gasteiger partial charge in [-0.15, -0.1) is 0 Å². The number of rotatable bonds is 1. The van der Waals surface area contributed by atoms with E-state index in [1.807, 2.05) is 18.2 Å². The highest BCUT2D eigenvalue weighted by Gasteiger charge is 2.64. The Morgan fingerprint density at radius 3 is 3.00 bits per heavy atom. The van der Waals surface area contributed by atoms with Crippen LogP contribution in [-0.2, 0) is 16.6 Å². The molecule has 2 bridgehead atoms. The lowest BCUT2D eigenvalue weighted by Gasteiger charge is -2.62. The first-order chi connectivity index (χ1) is 11.0. The average molecular weight is 312 g/mol. The number of carbonyl (C=O) groups is 1. The molecule has 0 spiro atoms. The Morgan fingerprint density at radius 1 is 1.43 bits per heavy atom. The van der Waals surface area contributed by atoms with E-state index in [0.717, 1.165) is 16.9 Å². The zero-order valence-electron chi connectivity index (χ0n) is 13.2. The molecule has 3 atom stereocenters. The highest BCUT2D eigenvalue weighted by Crippen LogP contribution is 2.57. The van der Waals surface area contributed by atoms with Gasteiger partial charge >= 0.3 is 0 Å². The first-order valence-electron chi connectivity index (χ1n) is 8.12. The Balaban J connectivity index is 1.95. The summed E-state index contributed by atoms with van der Waals surface area (Å²) >= 11 is 0. The third-order valence-electron chi connectivity index (χ3n) is 6.19. The van der Waals surface area contributed by atoms with E-state index in [4.69, 9.17) is 4.74 Å². The van der Waals surface area contributed by atoms with Gasteiger partial charge in [0.05, 0.1) is 18.8 Å². The first-order valence-corrected chi connectivity index (χ1v) is 8.12. The summed E-state index contributed by atoms with van der Waals surface area (Å²) in [5, 5.41) is 21.1. The minimum Gasteiger partial charge on any atom is -0.497 e. The second-order valence-corrected chi connectivity index (χ2v) is 7.01. The molecule has 2 aliphatic carbocycles. The van der Waals surface area contributed by atoms with Gasteiger partial charge in [-0.2, -0.15) is 5.26 Å². The highest BCUT2D eigenvalue weighted by molar-refractivity contribution is 5.82. The number of benzene rings is 1. The molecule has 0 amide bonds. The lowest BCUT2D eigenvalue weighted by Crippen LogP contribution is -2.72. The molecule has 2 fully saturated rings. The third kappa shape index (κ3) is 1.73. The lowest BCUT2D eigenvalue weighted by atomic mass is 9.49. The number of likely N-dealkylation sites (tertiary alicyclic amines) is 1. The van der Waals surface area contributed by atoms with Crippen LogP contribution in [-0.4, -0.2) is 41.1 Å². The van der Waals surface area contributed by atoms with Crippen LogP contribution in [0.3, 0.4) is 0 Å². The maximum absolute atomic E-state index is 12.2. The molecule has 1 aromatic carbocycles. The summed E-state index contributed by atoms with van der Waals surface area (Å²) in [6.07, 6.45) is 4.70. The molecule has 0 aromatic heterocycles. The van der Waals surface area contributed by atoms with Crippen LogP contribution < -0.4 is 4.74 Å². The quantitative estimate of drug-likeness (QED) is 0.796. The molecule has 5 nitrogen and oxygen atoms in total. The molecule has 1 aromatic rings. The Labute approximate surface area is 135 Å². The molecule has 5 heteroatoms. The number of hydrogen-bond donors (Lipinski definition) is 1. The van der Waals surface area contributed by atoms with Crippen LogP contribution in [0.15, 0.2) is 18.2 Å². The maximum atomic E-state index is 12.2. The Bertz CT molecular complexity index is 725. The molecular weight excluding hydrogens is 292 g/mol. The summed E-state index contributed by atoms with van der Waals surface area (Å²) in [6, 6.07) is 5.67. The minimum atomic E-state index is -1.02. The molecule has 3 aliphatic rings. The molecule has 1 saturated heterocycles. The van der Waals surface area contributed by atoms with Crippen molar-refractivity contribution in [2.75, 3.05) is 13.7 Å². The lowest BCUT2D eigenvalue weighted by molar-refractivity contribution is -0.164. The van der Waals surface area contributed by atoms with Crippen molar-refractivity contribution in [1.82, 2.24) is 4.90 Å². The van der Waals surface area contributed by atoms with E-state index in [-0.39, 0.29) is 11.8 Å². The van der Waals surface area contributed by atoms with E-state index in [0.29, 0.717) is 38.6 Å². The predicted octanol–water partition coefficient (Wildman–Crippen LogP) is 1.53. The van der Waals surface area contributed by atoms with Gasteiger partial charge in [-0.3, -0.25) is 4.79 Å². The molecular formula is C18H20N2O3. The van der Waals surface area contributed by atoms with Gasteiger partial charge in [-0.25, -0.2) is 0 Å². The highest BCUT2D eigenvalue weighted by atomic mass is 16.5. The average Bonchev–Trinajstić information content (AvgIpc) is 2.55. The van der Waals surface area contributed by atoms with E-state index in [1.165, 1.54) is 0 Å². The van der Waals surface area contributed by atoms with Gasteiger partial charge in [-0.05, 0) is 42.5 Å².